The van der Waals surface area contributed by atoms with Crippen LogP contribution in [0.2, 0.25) is 0 Å². The first-order chi connectivity index (χ1) is 10.9. The van der Waals surface area contributed by atoms with E-state index < -0.39 is 0 Å². The van der Waals surface area contributed by atoms with E-state index in [1.165, 1.54) is 6.07 Å². The zero-order valence-corrected chi connectivity index (χ0v) is 13.6. The van der Waals surface area contributed by atoms with Crippen molar-refractivity contribution in [3.8, 4) is 0 Å². The maximum absolute atomic E-state index is 12.7. The molecule has 0 atom stereocenters. The van der Waals surface area contributed by atoms with Gasteiger partial charge in [-0.2, -0.15) is 0 Å². The van der Waals surface area contributed by atoms with Gasteiger partial charge in [0.05, 0.1) is 0 Å². The molecular formula is C17H23N3O3. The van der Waals surface area contributed by atoms with E-state index in [2.05, 4.69) is 10.3 Å². The second-order valence-corrected chi connectivity index (χ2v) is 7.09. The first-order valence-electron chi connectivity index (χ1n) is 8.19. The number of pyridine rings is 1. The Morgan fingerprint density at radius 3 is 2.48 bits per heavy atom. The smallest absolute Gasteiger partial charge is 0.254 e. The zero-order chi connectivity index (χ0) is 16.6. The predicted molar refractivity (Wildman–Crippen MR) is 86.3 cm³/mol. The molecule has 1 spiro atoms. The van der Waals surface area contributed by atoms with E-state index in [9.17, 15) is 14.4 Å². The van der Waals surface area contributed by atoms with E-state index in [1.54, 1.807) is 11.0 Å². The van der Waals surface area contributed by atoms with Crippen LogP contribution in [0.4, 0.5) is 0 Å². The van der Waals surface area contributed by atoms with Gasteiger partial charge in [0.2, 0.25) is 11.5 Å². The van der Waals surface area contributed by atoms with Gasteiger partial charge in [0, 0.05) is 43.4 Å². The highest BCUT2D eigenvalue weighted by Crippen LogP contribution is 2.37. The van der Waals surface area contributed by atoms with E-state index in [0.717, 1.165) is 25.1 Å². The van der Waals surface area contributed by atoms with Crippen LogP contribution >= 0.6 is 0 Å². The Morgan fingerprint density at radius 2 is 1.91 bits per heavy atom. The van der Waals surface area contributed by atoms with E-state index in [1.807, 2.05) is 13.8 Å². The monoisotopic (exact) mass is 317 g/mol. The summed E-state index contributed by atoms with van der Waals surface area (Å²) in [6, 6.07) is 3.15. The lowest BCUT2D eigenvalue weighted by Crippen LogP contribution is -2.44. The summed E-state index contributed by atoms with van der Waals surface area (Å²) in [5.41, 5.74) is 1.01. The molecule has 0 bridgehead atoms. The number of aromatic nitrogens is 1. The number of nitrogens with one attached hydrogen (secondary N) is 2. The summed E-state index contributed by atoms with van der Waals surface area (Å²) in [4.78, 5) is 40.5. The Bertz CT molecular complexity index is 685. The topological polar surface area (TPSA) is 82.3 Å². The summed E-state index contributed by atoms with van der Waals surface area (Å²) in [6.07, 6.45) is 2.23. The fraction of sp³-hybridized carbons (Fsp3) is 0.588. The third-order valence-electron chi connectivity index (χ3n) is 5.04. The van der Waals surface area contributed by atoms with Crippen LogP contribution in [0.25, 0.3) is 0 Å². The van der Waals surface area contributed by atoms with Crippen molar-refractivity contribution in [2.45, 2.75) is 39.0 Å². The minimum Gasteiger partial charge on any atom is -0.356 e. The van der Waals surface area contributed by atoms with Gasteiger partial charge in [-0.1, -0.05) is 13.8 Å². The molecule has 2 fully saturated rings. The van der Waals surface area contributed by atoms with Crippen molar-refractivity contribution in [3.63, 3.8) is 0 Å². The van der Waals surface area contributed by atoms with Gasteiger partial charge >= 0.3 is 0 Å². The van der Waals surface area contributed by atoms with Crippen LogP contribution in [0.5, 0.6) is 0 Å². The van der Waals surface area contributed by atoms with Crippen LogP contribution in [-0.2, 0) is 4.79 Å². The van der Waals surface area contributed by atoms with E-state index in [-0.39, 0.29) is 28.7 Å². The molecule has 2 amide bonds. The summed E-state index contributed by atoms with van der Waals surface area (Å²) >= 11 is 0. The molecule has 2 aliphatic rings. The van der Waals surface area contributed by atoms with Crippen molar-refractivity contribution < 1.29 is 9.59 Å². The SMILES string of the molecule is CC(C)c1cc(C(=O)N2CCC3(CC2)CNC(=O)C3)cc(=O)[nH]1. The van der Waals surface area contributed by atoms with Crippen molar-refractivity contribution in [1.29, 1.82) is 0 Å². The van der Waals surface area contributed by atoms with Crippen LogP contribution < -0.4 is 10.9 Å². The Labute approximate surface area is 135 Å². The summed E-state index contributed by atoms with van der Waals surface area (Å²) in [5.74, 6) is 0.182. The third-order valence-corrected chi connectivity index (χ3v) is 5.04. The molecule has 0 unspecified atom stereocenters. The molecule has 1 aromatic rings. The Hall–Kier alpha value is -2.11. The van der Waals surface area contributed by atoms with E-state index in [4.69, 9.17) is 0 Å². The van der Waals surface area contributed by atoms with Gasteiger partial charge in [-0.3, -0.25) is 14.4 Å². The van der Waals surface area contributed by atoms with Crippen LogP contribution in [0, 0.1) is 5.41 Å². The number of hydrogen-bond donors (Lipinski definition) is 2. The van der Waals surface area contributed by atoms with Crippen molar-refractivity contribution in [3.05, 3.63) is 33.7 Å². The highest BCUT2D eigenvalue weighted by atomic mass is 16.2. The van der Waals surface area contributed by atoms with E-state index >= 15 is 0 Å². The van der Waals surface area contributed by atoms with Crippen LogP contribution in [0.3, 0.4) is 0 Å². The summed E-state index contributed by atoms with van der Waals surface area (Å²) < 4.78 is 0. The van der Waals surface area contributed by atoms with Gasteiger partial charge in [0.25, 0.3) is 5.91 Å². The second-order valence-electron chi connectivity index (χ2n) is 7.09. The maximum Gasteiger partial charge on any atom is 0.254 e. The molecule has 23 heavy (non-hydrogen) atoms. The first-order valence-corrected chi connectivity index (χ1v) is 8.19. The minimum atomic E-state index is -0.237. The van der Waals surface area contributed by atoms with Gasteiger partial charge in [-0.05, 0) is 30.2 Å². The van der Waals surface area contributed by atoms with Crippen LogP contribution in [0.15, 0.2) is 16.9 Å². The average molecular weight is 317 g/mol. The van der Waals surface area contributed by atoms with Crippen molar-refractivity contribution in [2.75, 3.05) is 19.6 Å². The highest BCUT2D eigenvalue weighted by molar-refractivity contribution is 5.94. The average Bonchev–Trinajstić information content (AvgIpc) is 2.87. The summed E-state index contributed by atoms with van der Waals surface area (Å²) in [5, 5.41) is 2.90. The van der Waals surface area contributed by atoms with E-state index in [0.29, 0.717) is 25.1 Å². The zero-order valence-electron chi connectivity index (χ0n) is 13.6. The Kier molecular flexibility index (Phi) is 4.00. The molecule has 6 nitrogen and oxygen atoms in total. The van der Waals surface area contributed by atoms with Gasteiger partial charge in [0.15, 0.2) is 0 Å². The molecule has 0 saturated carbocycles. The van der Waals surface area contributed by atoms with Crippen molar-refractivity contribution in [1.82, 2.24) is 15.2 Å². The summed E-state index contributed by atoms with van der Waals surface area (Å²) in [6.45, 7) is 5.95. The quantitative estimate of drug-likeness (QED) is 0.861. The Balaban J connectivity index is 1.73. The number of nitrogens with zero attached hydrogens (tertiary/aromatic N) is 1. The lowest BCUT2D eigenvalue weighted by molar-refractivity contribution is -0.119. The number of likely N-dealkylation sites (tertiary alicyclic amines) is 1. The largest absolute Gasteiger partial charge is 0.356 e. The number of carbonyl (C=O) groups is 2. The molecule has 1 aromatic heterocycles. The molecular weight excluding hydrogens is 294 g/mol. The fourth-order valence-electron chi connectivity index (χ4n) is 3.47. The summed E-state index contributed by atoms with van der Waals surface area (Å²) in [7, 11) is 0. The Morgan fingerprint density at radius 1 is 1.22 bits per heavy atom. The molecule has 0 aromatic carbocycles. The molecule has 0 radical (unpaired) electrons. The minimum absolute atomic E-state index is 0.0190. The molecule has 3 heterocycles. The first kappa shape index (κ1) is 15.8. The molecule has 2 saturated heterocycles. The number of hydrogen-bond acceptors (Lipinski definition) is 3. The molecule has 0 aliphatic carbocycles. The van der Waals surface area contributed by atoms with Gasteiger partial charge in [0.1, 0.15) is 0 Å². The fourth-order valence-corrected chi connectivity index (χ4v) is 3.47. The number of rotatable bonds is 2. The lowest BCUT2D eigenvalue weighted by atomic mass is 9.77. The molecule has 2 aliphatic heterocycles. The maximum atomic E-state index is 12.7. The van der Waals surface area contributed by atoms with Crippen LogP contribution in [-0.4, -0.2) is 41.3 Å². The highest BCUT2D eigenvalue weighted by Gasteiger charge is 2.41. The molecule has 6 heteroatoms. The number of H-pyrrole nitrogens is 1. The van der Waals surface area contributed by atoms with Gasteiger partial charge < -0.3 is 15.2 Å². The molecule has 3 rings (SSSR count). The van der Waals surface area contributed by atoms with Crippen molar-refractivity contribution >= 4 is 11.8 Å². The van der Waals surface area contributed by atoms with Gasteiger partial charge in [-0.15, -0.1) is 0 Å². The van der Waals surface area contributed by atoms with Gasteiger partial charge in [-0.25, -0.2) is 0 Å². The standard InChI is InChI=1S/C17H23N3O3/c1-11(2)13-7-12(8-14(21)19-13)16(23)20-5-3-17(4-6-20)9-15(22)18-10-17/h7-8,11H,3-6,9-10H2,1-2H3,(H,18,22)(H,19,21). The number of amides is 2. The van der Waals surface area contributed by atoms with Crippen LogP contribution in [0.1, 0.15) is 55.1 Å². The number of aromatic amines is 1. The number of piperidine rings is 1. The predicted octanol–water partition coefficient (Wildman–Crippen LogP) is 1.24. The molecule has 124 valence electrons. The second kappa shape index (κ2) is 5.83. The normalized spacial score (nSPS) is 20.1. The third kappa shape index (κ3) is 3.16. The molecule has 2 N–H and O–H groups in total. The number of carbonyl (C=O) groups excluding carboxylic acids is 2. The van der Waals surface area contributed by atoms with Crippen molar-refractivity contribution in [2.24, 2.45) is 5.41 Å². The lowest BCUT2D eigenvalue weighted by Gasteiger charge is -2.38.